The lowest BCUT2D eigenvalue weighted by Crippen LogP contribution is -2.57. The fourth-order valence-electron chi connectivity index (χ4n) is 2.27. The van der Waals surface area contributed by atoms with Gasteiger partial charge in [0.15, 0.2) is 0 Å². The SMILES string of the molecule is C=CCN(C(=O)C(C)N1CCNCC1)C(C)(C)C. The highest BCUT2D eigenvalue weighted by Gasteiger charge is 2.31. The third-order valence-corrected chi connectivity index (χ3v) is 3.44. The standard InChI is InChI=1S/C14H27N3O/c1-6-9-17(14(3,4)5)13(18)12(2)16-10-7-15-8-11-16/h6,12,15H,1,7-11H2,2-5H3. The third-order valence-electron chi connectivity index (χ3n) is 3.44. The maximum absolute atomic E-state index is 12.6. The second-order valence-corrected chi connectivity index (χ2v) is 5.87. The predicted octanol–water partition coefficient (Wildman–Crippen LogP) is 1.09. The first-order valence-electron chi connectivity index (χ1n) is 6.75. The Morgan fingerprint density at radius 2 is 2.00 bits per heavy atom. The molecular weight excluding hydrogens is 226 g/mol. The van der Waals surface area contributed by atoms with E-state index >= 15 is 0 Å². The van der Waals surface area contributed by atoms with Crippen molar-refractivity contribution >= 4 is 5.91 Å². The van der Waals surface area contributed by atoms with Crippen LogP contribution in [0.4, 0.5) is 0 Å². The zero-order chi connectivity index (χ0) is 13.8. The fraction of sp³-hybridized carbons (Fsp3) is 0.786. The van der Waals surface area contributed by atoms with E-state index in [4.69, 9.17) is 0 Å². The third kappa shape index (κ3) is 3.82. The lowest BCUT2D eigenvalue weighted by Gasteiger charge is -2.40. The van der Waals surface area contributed by atoms with Crippen LogP contribution in [0.3, 0.4) is 0 Å². The van der Waals surface area contributed by atoms with Crippen molar-refractivity contribution in [2.75, 3.05) is 32.7 Å². The van der Waals surface area contributed by atoms with Crippen LogP contribution in [0.25, 0.3) is 0 Å². The van der Waals surface area contributed by atoms with E-state index in [1.165, 1.54) is 0 Å². The van der Waals surface area contributed by atoms with Crippen LogP contribution in [-0.4, -0.2) is 60.0 Å². The summed E-state index contributed by atoms with van der Waals surface area (Å²) in [6, 6.07) is -0.0497. The van der Waals surface area contributed by atoms with Crippen LogP contribution in [-0.2, 0) is 4.79 Å². The van der Waals surface area contributed by atoms with Crippen molar-refractivity contribution in [1.82, 2.24) is 15.1 Å². The van der Waals surface area contributed by atoms with E-state index < -0.39 is 0 Å². The van der Waals surface area contributed by atoms with Crippen molar-refractivity contribution in [3.8, 4) is 0 Å². The lowest BCUT2D eigenvalue weighted by atomic mass is 10.0. The number of piperazine rings is 1. The maximum Gasteiger partial charge on any atom is 0.240 e. The molecule has 4 nitrogen and oxygen atoms in total. The van der Waals surface area contributed by atoms with Crippen molar-refractivity contribution in [3.05, 3.63) is 12.7 Å². The first kappa shape index (κ1) is 15.2. The largest absolute Gasteiger partial charge is 0.333 e. The smallest absolute Gasteiger partial charge is 0.240 e. The van der Waals surface area contributed by atoms with E-state index in [2.05, 4.69) is 37.6 Å². The van der Waals surface area contributed by atoms with Gasteiger partial charge in [-0.15, -0.1) is 6.58 Å². The molecule has 1 aliphatic rings. The first-order chi connectivity index (χ1) is 8.38. The summed E-state index contributed by atoms with van der Waals surface area (Å²) in [5.41, 5.74) is -0.159. The van der Waals surface area contributed by atoms with E-state index in [0.717, 1.165) is 26.2 Å². The van der Waals surface area contributed by atoms with Crippen LogP contribution >= 0.6 is 0 Å². The lowest BCUT2D eigenvalue weighted by molar-refractivity contribution is -0.140. The first-order valence-corrected chi connectivity index (χ1v) is 6.75. The predicted molar refractivity (Wildman–Crippen MR) is 75.6 cm³/mol. The van der Waals surface area contributed by atoms with Crippen molar-refractivity contribution in [2.24, 2.45) is 0 Å². The summed E-state index contributed by atoms with van der Waals surface area (Å²) >= 11 is 0. The minimum Gasteiger partial charge on any atom is -0.333 e. The molecule has 1 heterocycles. The second kappa shape index (κ2) is 6.34. The zero-order valence-electron chi connectivity index (χ0n) is 12.2. The van der Waals surface area contributed by atoms with Gasteiger partial charge in [-0.2, -0.15) is 0 Å². The number of rotatable bonds is 4. The highest BCUT2D eigenvalue weighted by Crippen LogP contribution is 2.16. The van der Waals surface area contributed by atoms with E-state index in [9.17, 15) is 4.79 Å². The van der Waals surface area contributed by atoms with Crippen molar-refractivity contribution in [3.63, 3.8) is 0 Å². The normalized spacial score (nSPS) is 19.3. The summed E-state index contributed by atoms with van der Waals surface area (Å²) in [6.07, 6.45) is 1.80. The summed E-state index contributed by atoms with van der Waals surface area (Å²) in [7, 11) is 0. The number of hydrogen-bond acceptors (Lipinski definition) is 3. The van der Waals surface area contributed by atoms with E-state index in [-0.39, 0.29) is 17.5 Å². The van der Waals surface area contributed by atoms with Gasteiger partial charge in [-0.1, -0.05) is 6.08 Å². The van der Waals surface area contributed by atoms with Crippen LogP contribution in [0.2, 0.25) is 0 Å². The molecule has 1 N–H and O–H groups in total. The summed E-state index contributed by atoms with van der Waals surface area (Å²) < 4.78 is 0. The average molecular weight is 253 g/mol. The zero-order valence-corrected chi connectivity index (χ0v) is 12.2. The molecule has 0 aromatic heterocycles. The number of amides is 1. The molecule has 104 valence electrons. The molecule has 4 heteroatoms. The molecule has 18 heavy (non-hydrogen) atoms. The topological polar surface area (TPSA) is 35.6 Å². The van der Waals surface area contributed by atoms with Gasteiger partial charge in [-0.3, -0.25) is 9.69 Å². The summed E-state index contributed by atoms with van der Waals surface area (Å²) in [5.74, 6) is 0.198. The molecule has 1 rings (SSSR count). The summed E-state index contributed by atoms with van der Waals surface area (Å²) in [6.45, 7) is 16.4. The molecule has 1 saturated heterocycles. The van der Waals surface area contributed by atoms with Crippen molar-refractivity contribution in [2.45, 2.75) is 39.3 Å². The molecule has 1 fully saturated rings. The minimum absolute atomic E-state index is 0.0497. The number of nitrogens with zero attached hydrogens (tertiary/aromatic N) is 2. The Labute approximate surface area is 111 Å². The number of hydrogen-bond donors (Lipinski definition) is 1. The van der Waals surface area contributed by atoms with Gasteiger partial charge in [0.2, 0.25) is 5.91 Å². The van der Waals surface area contributed by atoms with Crippen molar-refractivity contribution in [1.29, 1.82) is 0 Å². The second-order valence-electron chi connectivity index (χ2n) is 5.87. The van der Waals surface area contributed by atoms with E-state index in [1.807, 2.05) is 11.8 Å². The van der Waals surface area contributed by atoms with E-state index in [1.54, 1.807) is 6.08 Å². The van der Waals surface area contributed by atoms with Gasteiger partial charge in [-0.05, 0) is 27.7 Å². The van der Waals surface area contributed by atoms with Crippen molar-refractivity contribution < 1.29 is 4.79 Å². The van der Waals surface area contributed by atoms with Crippen LogP contribution in [0.1, 0.15) is 27.7 Å². The Kier molecular flexibility index (Phi) is 5.35. The average Bonchev–Trinajstić information content (AvgIpc) is 2.34. The van der Waals surface area contributed by atoms with Gasteiger partial charge in [0.1, 0.15) is 0 Å². The van der Waals surface area contributed by atoms with Gasteiger partial charge in [0.05, 0.1) is 6.04 Å². The van der Waals surface area contributed by atoms with Crippen LogP contribution < -0.4 is 5.32 Å². The molecule has 1 amide bonds. The molecule has 0 aromatic carbocycles. The monoisotopic (exact) mass is 253 g/mol. The number of carbonyl (C=O) groups excluding carboxylic acids is 1. The molecule has 1 atom stereocenters. The molecule has 0 spiro atoms. The Bertz CT molecular complexity index is 290. The quantitative estimate of drug-likeness (QED) is 0.762. The Morgan fingerprint density at radius 3 is 2.44 bits per heavy atom. The number of carbonyl (C=O) groups is 1. The van der Waals surface area contributed by atoms with Gasteiger partial charge in [0.25, 0.3) is 0 Å². The van der Waals surface area contributed by atoms with E-state index in [0.29, 0.717) is 6.54 Å². The fourth-order valence-corrected chi connectivity index (χ4v) is 2.27. The highest BCUT2D eigenvalue weighted by atomic mass is 16.2. The van der Waals surface area contributed by atoms with Gasteiger partial charge >= 0.3 is 0 Å². The Balaban J connectivity index is 2.72. The van der Waals surface area contributed by atoms with Gasteiger partial charge < -0.3 is 10.2 Å². The van der Waals surface area contributed by atoms with Crippen LogP contribution in [0, 0.1) is 0 Å². The highest BCUT2D eigenvalue weighted by molar-refractivity contribution is 5.82. The summed E-state index contributed by atoms with van der Waals surface area (Å²) in [5, 5.41) is 3.31. The molecule has 0 saturated carbocycles. The van der Waals surface area contributed by atoms with Crippen LogP contribution in [0.5, 0.6) is 0 Å². The summed E-state index contributed by atoms with van der Waals surface area (Å²) in [4.78, 5) is 16.8. The molecule has 0 aliphatic carbocycles. The number of nitrogens with one attached hydrogen (secondary N) is 1. The Hall–Kier alpha value is -0.870. The molecule has 0 aromatic rings. The van der Waals surface area contributed by atoms with Gasteiger partial charge in [-0.25, -0.2) is 0 Å². The minimum atomic E-state index is -0.159. The maximum atomic E-state index is 12.6. The molecular formula is C14H27N3O. The molecule has 0 radical (unpaired) electrons. The molecule has 1 aliphatic heterocycles. The Morgan fingerprint density at radius 1 is 1.44 bits per heavy atom. The molecule has 0 bridgehead atoms. The van der Waals surface area contributed by atoms with Crippen LogP contribution in [0.15, 0.2) is 12.7 Å². The van der Waals surface area contributed by atoms with Gasteiger partial charge in [0, 0.05) is 38.3 Å². The molecule has 1 unspecified atom stereocenters.